The van der Waals surface area contributed by atoms with Crippen LogP contribution < -0.4 is 14.4 Å². The Labute approximate surface area is 167 Å². The van der Waals surface area contributed by atoms with Gasteiger partial charge in [0, 0.05) is 50.0 Å². The van der Waals surface area contributed by atoms with Gasteiger partial charge in [-0.05, 0) is 38.3 Å². The number of anilines is 1. The van der Waals surface area contributed by atoms with E-state index in [1.165, 1.54) is 18.4 Å². The fourth-order valence-electron chi connectivity index (χ4n) is 4.16. The molecule has 2 aliphatic heterocycles. The van der Waals surface area contributed by atoms with Gasteiger partial charge in [-0.25, -0.2) is 9.97 Å². The second kappa shape index (κ2) is 8.35. The van der Waals surface area contributed by atoms with E-state index in [1.807, 2.05) is 37.4 Å². The first-order chi connectivity index (χ1) is 13.7. The lowest BCUT2D eigenvalue weighted by atomic mass is 9.98. The Balaban J connectivity index is 1.27. The highest BCUT2D eigenvalue weighted by Crippen LogP contribution is 2.28. The van der Waals surface area contributed by atoms with Crippen molar-refractivity contribution in [2.24, 2.45) is 0 Å². The molecule has 0 spiro atoms. The third kappa shape index (κ3) is 4.07. The van der Waals surface area contributed by atoms with Crippen molar-refractivity contribution in [1.29, 1.82) is 0 Å². The maximum atomic E-state index is 6.10. The normalized spacial score (nSPS) is 18.8. The molecule has 0 saturated carbocycles. The molecule has 0 aliphatic carbocycles. The van der Waals surface area contributed by atoms with Gasteiger partial charge in [-0.3, -0.25) is 4.90 Å². The number of likely N-dealkylation sites (tertiary alicyclic amines) is 1. The molecule has 0 atom stereocenters. The van der Waals surface area contributed by atoms with Crippen molar-refractivity contribution in [2.45, 2.75) is 45.3 Å². The van der Waals surface area contributed by atoms with Crippen molar-refractivity contribution in [3.8, 4) is 11.5 Å². The summed E-state index contributed by atoms with van der Waals surface area (Å²) in [5.74, 6) is 3.73. The third-order valence-corrected chi connectivity index (χ3v) is 5.84. The van der Waals surface area contributed by atoms with Crippen LogP contribution in [0.15, 0.2) is 30.5 Å². The largest absolute Gasteiger partial charge is 0.497 e. The van der Waals surface area contributed by atoms with Crippen LogP contribution in [0.2, 0.25) is 0 Å². The molecule has 2 aliphatic rings. The second-order valence-corrected chi connectivity index (χ2v) is 7.71. The zero-order chi connectivity index (χ0) is 19.5. The average molecular weight is 383 g/mol. The van der Waals surface area contributed by atoms with E-state index in [0.29, 0.717) is 6.04 Å². The Morgan fingerprint density at radius 1 is 1.14 bits per heavy atom. The van der Waals surface area contributed by atoms with Crippen LogP contribution in [0.1, 0.15) is 31.2 Å². The molecule has 0 bridgehead atoms. The van der Waals surface area contributed by atoms with Crippen LogP contribution in [0.3, 0.4) is 0 Å². The van der Waals surface area contributed by atoms with Gasteiger partial charge < -0.3 is 14.4 Å². The molecule has 150 valence electrons. The molecule has 0 N–H and O–H groups in total. The Hall–Kier alpha value is -2.34. The number of piperidine rings is 1. The van der Waals surface area contributed by atoms with Crippen molar-refractivity contribution in [2.75, 3.05) is 38.2 Å². The first kappa shape index (κ1) is 19.0. The Kier molecular flexibility index (Phi) is 5.67. The van der Waals surface area contributed by atoms with Gasteiger partial charge in [-0.1, -0.05) is 13.0 Å². The van der Waals surface area contributed by atoms with Gasteiger partial charge in [0.15, 0.2) is 0 Å². The zero-order valence-corrected chi connectivity index (χ0v) is 17.1. The minimum Gasteiger partial charge on any atom is -0.497 e. The van der Waals surface area contributed by atoms with Crippen LogP contribution in [-0.4, -0.2) is 60.3 Å². The summed E-state index contributed by atoms with van der Waals surface area (Å²) in [6, 6.07) is 8.51. The molecule has 28 heavy (non-hydrogen) atoms. The summed E-state index contributed by atoms with van der Waals surface area (Å²) in [5.41, 5.74) is 1.25. The first-order valence-corrected chi connectivity index (χ1v) is 10.3. The number of nitrogens with zero attached hydrogens (tertiary/aromatic N) is 4. The number of aromatic nitrogens is 2. The van der Waals surface area contributed by atoms with Crippen LogP contribution in [0.25, 0.3) is 0 Å². The molecule has 3 heterocycles. The van der Waals surface area contributed by atoms with Gasteiger partial charge in [-0.15, -0.1) is 0 Å². The van der Waals surface area contributed by atoms with Crippen LogP contribution in [0.4, 0.5) is 5.82 Å². The van der Waals surface area contributed by atoms with E-state index >= 15 is 0 Å². The van der Waals surface area contributed by atoms with Gasteiger partial charge in [-0.2, -0.15) is 0 Å². The molecule has 6 heteroatoms. The summed E-state index contributed by atoms with van der Waals surface area (Å²) in [6.45, 7) is 8.28. The van der Waals surface area contributed by atoms with E-state index in [4.69, 9.17) is 14.5 Å². The van der Waals surface area contributed by atoms with E-state index in [1.54, 1.807) is 7.11 Å². The van der Waals surface area contributed by atoms with Gasteiger partial charge in [0.25, 0.3) is 0 Å². The van der Waals surface area contributed by atoms with E-state index in [-0.39, 0.29) is 6.10 Å². The minimum atomic E-state index is 0.279. The van der Waals surface area contributed by atoms with Gasteiger partial charge in [0.2, 0.25) is 0 Å². The highest BCUT2D eigenvalue weighted by Gasteiger charge is 2.35. The summed E-state index contributed by atoms with van der Waals surface area (Å²) in [4.78, 5) is 14.1. The number of aryl methyl sites for hydroxylation is 2. The topological polar surface area (TPSA) is 50.7 Å². The van der Waals surface area contributed by atoms with Gasteiger partial charge in [0.1, 0.15) is 29.2 Å². The number of rotatable bonds is 6. The molecule has 2 saturated heterocycles. The lowest BCUT2D eigenvalue weighted by Gasteiger charge is -2.47. The van der Waals surface area contributed by atoms with Gasteiger partial charge in [0.05, 0.1) is 7.11 Å². The predicted octanol–water partition coefficient (Wildman–Crippen LogP) is 3.09. The van der Waals surface area contributed by atoms with E-state index in [9.17, 15) is 0 Å². The van der Waals surface area contributed by atoms with Crippen LogP contribution in [0, 0.1) is 6.92 Å². The van der Waals surface area contributed by atoms with Crippen molar-refractivity contribution >= 4 is 5.82 Å². The summed E-state index contributed by atoms with van der Waals surface area (Å²) in [7, 11) is 1.68. The Morgan fingerprint density at radius 3 is 2.61 bits per heavy atom. The van der Waals surface area contributed by atoms with E-state index in [0.717, 1.165) is 55.7 Å². The van der Waals surface area contributed by atoms with Crippen molar-refractivity contribution in [3.63, 3.8) is 0 Å². The number of methoxy groups -OCH3 is 1. The highest BCUT2D eigenvalue weighted by atomic mass is 16.5. The fraction of sp³-hybridized carbons (Fsp3) is 0.545. The smallest absolute Gasteiger partial charge is 0.135 e. The second-order valence-electron chi connectivity index (χ2n) is 7.71. The quantitative estimate of drug-likeness (QED) is 0.765. The molecule has 6 nitrogen and oxygen atoms in total. The molecular formula is C22H30N4O2. The lowest BCUT2D eigenvalue weighted by Crippen LogP contribution is -2.59. The van der Waals surface area contributed by atoms with E-state index in [2.05, 4.69) is 21.7 Å². The fourth-order valence-corrected chi connectivity index (χ4v) is 4.16. The maximum Gasteiger partial charge on any atom is 0.135 e. The summed E-state index contributed by atoms with van der Waals surface area (Å²) in [6.07, 6.45) is 5.60. The highest BCUT2D eigenvalue weighted by molar-refractivity contribution is 5.46. The van der Waals surface area contributed by atoms with Crippen molar-refractivity contribution in [3.05, 3.63) is 41.9 Å². The van der Waals surface area contributed by atoms with Crippen LogP contribution in [0.5, 0.6) is 11.5 Å². The molecule has 2 aromatic rings. The molecule has 0 radical (unpaired) electrons. The van der Waals surface area contributed by atoms with Gasteiger partial charge >= 0.3 is 0 Å². The molecule has 0 unspecified atom stereocenters. The Morgan fingerprint density at radius 2 is 1.89 bits per heavy atom. The molecule has 0 amide bonds. The SMILES string of the molecule is CCc1cnc(C)nc1N1CCC(N2CC(Oc3cccc(OC)c3)C2)CC1. The minimum absolute atomic E-state index is 0.279. The number of hydrogen-bond donors (Lipinski definition) is 0. The molecule has 1 aromatic carbocycles. The molecule has 2 fully saturated rings. The standard InChI is InChI=1S/C22H30N4O2/c1-4-17-13-23-16(2)24-22(17)25-10-8-18(9-11-25)26-14-21(15-26)28-20-7-5-6-19(12-20)27-3/h5-7,12-13,18,21H,4,8-11,14-15H2,1-3H3. The number of benzene rings is 1. The predicted molar refractivity (Wildman–Crippen MR) is 110 cm³/mol. The molecular weight excluding hydrogens is 352 g/mol. The monoisotopic (exact) mass is 382 g/mol. The summed E-state index contributed by atoms with van der Waals surface area (Å²) >= 11 is 0. The lowest BCUT2D eigenvalue weighted by molar-refractivity contribution is -0.0154. The van der Waals surface area contributed by atoms with Crippen LogP contribution in [-0.2, 0) is 6.42 Å². The summed E-state index contributed by atoms with van der Waals surface area (Å²) < 4.78 is 11.4. The third-order valence-electron chi connectivity index (χ3n) is 5.84. The first-order valence-electron chi connectivity index (χ1n) is 10.3. The molecule has 4 rings (SSSR count). The van der Waals surface area contributed by atoms with E-state index < -0.39 is 0 Å². The summed E-state index contributed by atoms with van der Waals surface area (Å²) in [5, 5.41) is 0. The number of ether oxygens (including phenoxy) is 2. The molecule has 1 aromatic heterocycles. The van der Waals surface area contributed by atoms with Crippen molar-refractivity contribution in [1.82, 2.24) is 14.9 Å². The number of hydrogen-bond acceptors (Lipinski definition) is 6. The van der Waals surface area contributed by atoms with Crippen molar-refractivity contribution < 1.29 is 9.47 Å². The van der Waals surface area contributed by atoms with Crippen LogP contribution >= 0.6 is 0 Å². The average Bonchev–Trinajstić information content (AvgIpc) is 2.71. The Bertz CT molecular complexity index is 799. The zero-order valence-electron chi connectivity index (χ0n) is 17.1. The maximum absolute atomic E-state index is 6.10.